The molecule has 1 amide bonds. The molecule has 2 N–H and O–H groups in total. The summed E-state index contributed by atoms with van der Waals surface area (Å²) in [7, 11) is 1.45. The summed E-state index contributed by atoms with van der Waals surface area (Å²) in [5.74, 6) is 1.05. The lowest BCUT2D eigenvalue weighted by molar-refractivity contribution is -0.703. The van der Waals surface area contributed by atoms with Crippen LogP contribution in [0.2, 0.25) is 0 Å². The summed E-state index contributed by atoms with van der Waals surface area (Å²) in [5.41, 5.74) is 7.45. The maximum absolute atomic E-state index is 13.4. The number of hydrogen-bond donors (Lipinski definition) is 1. The number of unbranched alkanes of at least 4 members (excludes halogenated alkanes) is 7. The molecule has 0 spiro atoms. The topological polar surface area (TPSA) is 78.2 Å². The van der Waals surface area contributed by atoms with E-state index in [9.17, 15) is 9.59 Å². The van der Waals surface area contributed by atoms with Crippen molar-refractivity contribution in [3.8, 4) is 0 Å². The van der Waals surface area contributed by atoms with E-state index in [2.05, 4.69) is 52.7 Å². The molecule has 6 heteroatoms. The molecule has 2 aromatic carbocycles. The Morgan fingerprint density at radius 3 is 2.00 bits per heavy atom. The molecule has 1 saturated carbocycles. The van der Waals surface area contributed by atoms with E-state index in [4.69, 9.17) is 10.5 Å². The predicted molar refractivity (Wildman–Crippen MR) is 162 cm³/mol. The molecule has 1 aromatic heterocycles. The molecule has 41 heavy (non-hydrogen) atoms. The summed E-state index contributed by atoms with van der Waals surface area (Å²) in [6.45, 7) is 3.25. The highest BCUT2D eigenvalue weighted by atomic mass is 16.5. The molecule has 1 fully saturated rings. The van der Waals surface area contributed by atoms with Gasteiger partial charge in [-0.25, -0.2) is 9.13 Å². The summed E-state index contributed by atoms with van der Waals surface area (Å²) >= 11 is 0. The first-order valence-electron chi connectivity index (χ1n) is 15.5. The predicted octanol–water partition coefficient (Wildman–Crippen LogP) is 6.58. The van der Waals surface area contributed by atoms with Gasteiger partial charge in [0.05, 0.1) is 13.7 Å². The Kier molecular flexibility index (Phi) is 11.2. The van der Waals surface area contributed by atoms with E-state index < -0.39 is 5.41 Å². The number of carbonyl (C=O) groups excluding carboxylic acids is 2. The molecule has 4 rings (SSSR count). The number of nitrogens with two attached hydrogens (primary N) is 1. The summed E-state index contributed by atoms with van der Waals surface area (Å²) in [5, 5.41) is 0. The molecule has 1 heterocycles. The lowest BCUT2D eigenvalue weighted by Crippen LogP contribution is -2.47. The van der Waals surface area contributed by atoms with Crippen molar-refractivity contribution in [3.63, 3.8) is 0 Å². The Hall–Kier alpha value is -3.41. The Morgan fingerprint density at radius 2 is 1.44 bits per heavy atom. The summed E-state index contributed by atoms with van der Waals surface area (Å²) in [6, 6.07) is 20.6. The Labute approximate surface area is 245 Å². The molecule has 220 valence electrons. The number of ether oxygens (including phenoxy) is 1. The quantitative estimate of drug-likeness (QED) is 0.123. The van der Waals surface area contributed by atoms with Crippen LogP contribution in [0.3, 0.4) is 0 Å². The number of benzene rings is 2. The average Bonchev–Trinajstić information content (AvgIpc) is 3.62. The molecule has 2 atom stereocenters. The van der Waals surface area contributed by atoms with Crippen LogP contribution in [0.1, 0.15) is 100 Å². The number of amides is 1. The summed E-state index contributed by atoms with van der Waals surface area (Å²) in [4.78, 5) is 24.6. The number of nitrogens with zero attached hydrogens (tertiary/aromatic N) is 2. The smallest absolute Gasteiger partial charge is 0.305 e. The first kappa shape index (κ1) is 30.5. The van der Waals surface area contributed by atoms with E-state index in [1.54, 1.807) is 0 Å². The number of aromatic nitrogens is 2. The van der Waals surface area contributed by atoms with E-state index in [1.807, 2.05) is 36.4 Å². The van der Waals surface area contributed by atoms with E-state index in [0.29, 0.717) is 12.5 Å². The number of primary amides is 1. The maximum atomic E-state index is 13.4. The van der Waals surface area contributed by atoms with Crippen LogP contribution >= 0.6 is 0 Å². The zero-order valence-electron chi connectivity index (χ0n) is 25.0. The molecule has 3 aromatic rings. The Morgan fingerprint density at radius 1 is 0.878 bits per heavy atom. The van der Waals surface area contributed by atoms with Gasteiger partial charge in [-0.05, 0) is 55.6 Å². The molecule has 0 bridgehead atoms. The van der Waals surface area contributed by atoms with Crippen LogP contribution in [0.15, 0.2) is 73.1 Å². The summed E-state index contributed by atoms with van der Waals surface area (Å²) < 4.78 is 9.51. The van der Waals surface area contributed by atoms with Gasteiger partial charge in [-0.3, -0.25) is 9.59 Å². The van der Waals surface area contributed by atoms with Gasteiger partial charge in [0.15, 0.2) is 0 Å². The average molecular weight is 559 g/mol. The van der Waals surface area contributed by atoms with Gasteiger partial charge in [0.2, 0.25) is 5.91 Å². The fraction of sp³-hybridized carbons (Fsp3) is 0.514. The van der Waals surface area contributed by atoms with Crippen LogP contribution in [0.25, 0.3) is 0 Å². The van der Waals surface area contributed by atoms with Crippen LogP contribution in [0.5, 0.6) is 0 Å². The number of rotatable bonds is 16. The maximum Gasteiger partial charge on any atom is 0.305 e. The van der Waals surface area contributed by atoms with Gasteiger partial charge in [-0.2, -0.15) is 0 Å². The van der Waals surface area contributed by atoms with Crippen molar-refractivity contribution in [2.45, 2.75) is 102 Å². The zero-order chi connectivity index (χ0) is 29.1. The second-order valence-corrected chi connectivity index (χ2v) is 11.7. The van der Waals surface area contributed by atoms with Crippen LogP contribution in [0.4, 0.5) is 0 Å². The van der Waals surface area contributed by atoms with E-state index >= 15 is 0 Å². The minimum atomic E-state index is -0.838. The molecule has 1 aliphatic carbocycles. The van der Waals surface area contributed by atoms with Crippen LogP contribution < -0.4 is 10.3 Å². The number of aryl methyl sites for hydroxylation is 1. The van der Waals surface area contributed by atoms with Crippen molar-refractivity contribution in [3.05, 3.63) is 90.0 Å². The first-order valence-corrected chi connectivity index (χ1v) is 15.5. The second kappa shape index (κ2) is 15.0. The van der Waals surface area contributed by atoms with Crippen LogP contribution in [-0.2, 0) is 26.3 Å². The zero-order valence-corrected chi connectivity index (χ0v) is 25.0. The van der Waals surface area contributed by atoms with Crippen LogP contribution in [0, 0.1) is 12.8 Å². The van der Waals surface area contributed by atoms with Crippen LogP contribution in [-0.4, -0.2) is 23.6 Å². The summed E-state index contributed by atoms with van der Waals surface area (Å²) in [6.07, 6.45) is 17.3. The van der Waals surface area contributed by atoms with Crippen molar-refractivity contribution in [1.82, 2.24) is 4.57 Å². The second-order valence-electron chi connectivity index (χ2n) is 11.7. The molecule has 1 aliphatic rings. The largest absolute Gasteiger partial charge is 0.469 e. The normalized spacial score (nSPS) is 17.0. The molecular weight excluding hydrogens is 510 g/mol. The Bertz CT molecular complexity index is 1200. The van der Waals surface area contributed by atoms with Crippen molar-refractivity contribution in [1.29, 1.82) is 0 Å². The highest BCUT2D eigenvalue weighted by Crippen LogP contribution is 2.49. The van der Waals surface area contributed by atoms with Gasteiger partial charge < -0.3 is 10.5 Å². The first-order chi connectivity index (χ1) is 20.0. The van der Waals surface area contributed by atoms with Crippen molar-refractivity contribution < 1.29 is 18.9 Å². The molecule has 0 aliphatic heterocycles. The number of hydrogen-bond acceptors (Lipinski definition) is 3. The minimum absolute atomic E-state index is 0.0995. The van der Waals surface area contributed by atoms with Gasteiger partial charge in [0.1, 0.15) is 23.9 Å². The Balaban J connectivity index is 1.32. The third-order valence-electron chi connectivity index (χ3n) is 9.21. The molecule has 0 saturated heterocycles. The number of methoxy groups -OCH3 is 1. The van der Waals surface area contributed by atoms with Gasteiger partial charge in [0, 0.05) is 13.3 Å². The highest BCUT2D eigenvalue weighted by Gasteiger charge is 2.51. The molecule has 0 radical (unpaired) electrons. The van der Waals surface area contributed by atoms with E-state index in [1.165, 1.54) is 51.5 Å². The monoisotopic (exact) mass is 558 g/mol. The number of carbonyl (C=O) groups is 2. The number of imidazole rings is 1. The highest BCUT2D eigenvalue weighted by molar-refractivity contribution is 5.91. The van der Waals surface area contributed by atoms with Crippen molar-refractivity contribution in [2.75, 3.05) is 7.11 Å². The minimum Gasteiger partial charge on any atom is -0.469 e. The van der Waals surface area contributed by atoms with Crippen molar-refractivity contribution >= 4 is 11.9 Å². The van der Waals surface area contributed by atoms with Gasteiger partial charge >= 0.3 is 5.97 Å². The van der Waals surface area contributed by atoms with Gasteiger partial charge in [0.25, 0.3) is 5.82 Å². The van der Waals surface area contributed by atoms with E-state index in [-0.39, 0.29) is 17.8 Å². The third kappa shape index (κ3) is 7.27. The SMILES string of the molecule is COC(=O)CCCCCCCCCC[n+]1ccn(C2CCC(C(C(N)=O)(c3ccccc3)c3ccccc3)C2)c1C. The van der Waals surface area contributed by atoms with E-state index in [0.717, 1.165) is 49.8 Å². The molecule has 2 unspecified atom stereocenters. The lowest BCUT2D eigenvalue weighted by atomic mass is 9.64. The fourth-order valence-corrected chi connectivity index (χ4v) is 6.98. The lowest BCUT2D eigenvalue weighted by Gasteiger charge is -2.37. The van der Waals surface area contributed by atoms with Crippen molar-refractivity contribution in [2.24, 2.45) is 11.7 Å². The molecule has 6 nitrogen and oxygen atoms in total. The third-order valence-corrected chi connectivity index (χ3v) is 9.21. The number of esters is 1. The fourth-order valence-electron chi connectivity index (χ4n) is 6.98. The standard InChI is InChI=1S/C35H47N3O3/c1-28-37(24-16-8-6-4-3-5-7-15-21-33(39)41-2)25-26-38(28)32-23-22-31(27-32)35(34(36)40,29-17-11-9-12-18-29)30-19-13-10-14-20-30/h9-14,17-20,25-26,31-32H,3-8,15-16,21-24,27H2,1-2H3,(H-,36,40)/p+1. The van der Waals surface area contributed by atoms with Gasteiger partial charge in [-0.1, -0.05) is 92.8 Å². The molecular formula is C35H48N3O3+. The van der Waals surface area contributed by atoms with Gasteiger partial charge in [-0.15, -0.1) is 0 Å².